The topological polar surface area (TPSA) is 81.9 Å². The third-order valence-corrected chi connectivity index (χ3v) is 5.91. The van der Waals surface area contributed by atoms with Crippen molar-refractivity contribution < 1.29 is 4.74 Å². The highest BCUT2D eigenvalue weighted by molar-refractivity contribution is 9.10. The number of ether oxygens (including phenoxy) is 1. The summed E-state index contributed by atoms with van der Waals surface area (Å²) in [5.41, 5.74) is 3.83. The average molecular weight is 444 g/mol. The number of hydrogen-bond acceptors (Lipinski definition) is 7. The van der Waals surface area contributed by atoms with Crippen molar-refractivity contribution >= 4 is 33.0 Å². The van der Waals surface area contributed by atoms with Gasteiger partial charge >= 0.3 is 0 Å². The second-order valence-corrected chi connectivity index (χ2v) is 8.50. The highest BCUT2D eigenvalue weighted by atomic mass is 79.9. The molecule has 0 aromatic carbocycles. The second kappa shape index (κ2) is 6.73. The van der Waals surface area contributed by atoms with Gasteiger partial charge in [-0.3, -0.25) is 9.97 Å². The zero-order valence-electron chi connectivity index (χ0n) is 16.1. The molecule has 2 unspecified atom stereocenters. The van der Waals surface area contributed by atoms with Crippen molar-refractivity contribution in [2.45, 2.75) is 51.9 Å². The van der Waals surface area contributed by atoms with Crippen molar-refractivity contribution in [3.63, 3.8) is 0 Å². The highest BCUT2D eigenvalue weighted by Gasteiger charge is 2.35. The van der Waals surface area contributed by atoms with Gasteiger partial charge in [0, 0.05) is 25.3 Å². The van der Waals surface area contributed by atoms with E-state index in [9.17, 15) is 0 Å². The SMILES string of the molecule is Cc1cnc(-c2nc(N3CC4CCC(C3)O4)nc3c2nc(Br)n3C(C)C)cn1. The molecule has 146 valence electrons. The quantitative estimate of drug-likeness (QED) is 0.574. The maximum atomic E-state index is 5.99. The van der Waals surface area contributed by atoms with E-state index >= 15 is 0 Å². The van der Waals surface area contributed by atoms with Crippen molar-refractivity contribution in [3.8, 4) is 11.4 Å². The number of aromatic nitrogens is 6. The fourth-order valence-corrected chi connectivity index (χ4v) is 4.76. The van der Waals surface area contributed by atoms with E-state index in [1.165, 1.54) is 0 Å². The van der Waals surface area contributed by atoms with Crippen LogP contribution in [0.2, 0.25) is 0 Å². The molecular formula is C19H22BrN7O. The second-order valence-electron chi connectivity index (χ2n) is 7.79. The Morgan fingerprint density at radius 2 is 1.82 bits per heavy atom. The fraction of sp³-hybridized carbons (Fsp3) is 0.526. The number of fused-ring (bicyclic) bond motifs is 3. The molecule has 5 rings (SSSR count). The van der Waals surface area contributed by atoms with E-state index in [0.717, 1.165) is 47.5 Å². The van der Waals surface area contributed by atoms with Crippen LogP contribution in [0.5, 0.6) is 0 Å². The molecule has 0 radical (unpaired) electrons. The van der Waals surface area contributed by atoms with Crippen LogP contribution in [0, 0.1) is 6.92 Å². The van der Waals surface area contributed by atoms with Crippen molar-refractivity contribution in [2.24, 2.45) is 0 Å². The molecule has 2 saturated heterocycles. The normalized spacial score (nSPS) is 21.8. The summed E-state index contributed by atoms with van der Waals surface area (Å²) in [4.78, 5) is 25.7. The molecule has 2 aliphatic heterocycles. The van der Waals surface area contributed by atoms with Gasteiger partial charge in [-0.2, -0.15) is 4.98 Å². The Labute approximate surface area is 171 Å². The van der Waals surface area contributed by atoms with E-state index in [1.807, 2.05) is 6.92 Å². The predicted molar refractivity (Wildman–Crippen MR) is 109 cm³/mol. The molecule has 9 heteroatoms. The van der Waals surface area contributed by atoms with Gasteiger partial charge < -0.3 is 14.2 Å². The molecule has 2 aliphatic rings. The molecule has 2 atom stereocenters. The van der Waals surface area contributed by atoms with E-state index in [0.29, 0.717) is 17.3 Å². The summed E-state index contributed by atoms with van der Waals surface area (Å²) >= 11 is 3.59. The molecule has 0 saturated carbocycles. The first-order chi connectivity index (χ1) is 13.5. The largest absolute Gasteiger partial charge is 0.371 e. The number of aryl methyl sites for hydroxylation is 1. The minimum atomic E-state index is 0.208. The molecule has 8 nitrogen and oxygen atoms in total. The minimum absolute atomic E-state index is 0.208. The van der Waals surface area contributed by atoms with Crippen LogP contribution in [0.4, 0.5) is 5.95 Å². The lowest BCUT2D eigenvalue weighted by Crippen LogP contribution is -2.43. The van der Waals surface area contributed by atoms with Gasteiger partial charge in [-0.05, 0) is 49.5 Å². The Hall–Kier alpha value is -2.13. The summed E-state index contributed by atoms with van der Waals surface area (Å²) in [5, 5.41) is 0. The average Bonchev–Trinajstić information content (AvgIpc) is 3.19. The van der Waals surface area contributed by atoms with Crippen LogP contribution in [0.3, 0.4) is 0 Å². The van der Waals surface area contributed by atoms with Gasteiger partial charge in [-0.15, -0.1) is 0 Å². The van der Waals surface area contributed by atoms with Crippen LogP contribution in [0.15, 0.2) is 17.1 Å². The number of imidazole rings is 1. The van der Waals surface area contributed by atoms with Crippen molar-refractivity contribution in [3.05, 3.63) is 22.8 Å². The van der Waals surface area contributed by atoms with Gasteiger partial charge in [0.1, 0.15) is 16.9 Å². The lowest BCUT2D eigenvalue weighted by Gasteiger charge is -2.32. The molecule has 0 N–H and O–H groups in total. The smallest absolute Gasteiger partial charge is 0.228 e. The van der Waals surface area contributed by atoms with Crippen LogP contribution < -0.4 is 4.90 Å². The first kappa shape index (κ1) is 17.9. The molecule has 28 heavy (non-hydrogen) atoms. The first-order valence-electron chi connectivity index (χ1n) is 9.64. The standard InChI is InChI=1S/C19H22BrN7O/c1-10(2)27-17-16(23-18(27)20)15(14-7-21-11(3)6-22-14)24-19(25-17)26-8-12-4-5-13(9-26)28-12/h6-7,10,12-13H,4-5,8-9H2,1-3H3. The van der Waals surface area contributed by atoms with E-state index in [-0.39, 0.29) is 18.2 Å². The Bertz CT molecular complexity index is 1020. The van der Waals surface area contributed by atoms with Gasteiger partial charge in [0.15, 0.2) is 10.4 Å². The van der Waals surface area contributed by atoms with Crippen LogP contribution in [0.1, 0.15) is 38.4 Å². The van der Waals surface area contributed by atoms with E-state index < -0.39 is 0 Å². The summed E-state index contributed by atoms with van der Waals surface area (Å²) in [7, 11) is 0. The number of hydrogen-bond donors (Lipinski definition) is 0. The molecule has 0 spiro atoms. The summed E-state index contributed by atoms with van der Waals surface area (Å²) in [6.07, 6.45) is 6.26. The van der Waals surface area contributed by atoms with Crippen molar-refractivity contribution in [1.29, 1.82) is 0 Å². The Kier molecular flexibility index (Phi) is 4.31. The zero-order chi connectivity index (χ0) is 19.4. The lowest BCUT2D eigenvalue weighted by molar-refractivity contribution is 0.0299. The third-order valence-electron chi connectivity index (χ3n) is 5.35. The van der Waals surface area contributed by atoms with E-state index in [2.05, 4.69) is 49.2 Å². The molecule has 5 heterocycles. The molecule has 2 bridgehead atoms. The van der Waals surface area contributed by atoms with Crippen LogP contribution in [-0.4, -0.2) is 54.8 Å². The Balaban J connectivity index is 1.70. The van der Waals surface area contributed by atoms with Crippen LogP contribution in [-0.2, 0) is 4.74 Å². The highest BCUT2D eigenvalue weighted by Crippen LogP contribution is 2.33. The summed E-state index contributed by atoms with van der Waals surface area (Å²) in [6.45, 7) is 7.79. The molecule has 0 aliphatic carbocycles. The van der Waals surface area contributed by atoms with Gasteiger partial charge in [-0.25, -0.2) is 9.97 Å². The van der Waals surface area contributed by atoms with Gasteiger partial charge in [-0.1, -0.05) is 0 Å². The number of anilines is 1. The third kappa shape index (κ3) is 2.97. The fourth-order valence-electron chi connectivity index (χ4n) is 4.01. The van der Waals surface area contributed by atoms with Gasteiger partial charge in [0.05, 0.1) is 24.1 Å². The summed E-state index contributed by atoms with van der Waals surface area (Å²) < 4.78 is 8.81. The van der Waals surface area contributed by atoms with E-state index in [4.69, 9.17) is 19.7 Å². The summed E-state index contributed by atoms with van der Waals surface area (Å²) in [6, 6.07) is 0.208. The minimum Gasteiger partial charge on any atom is -0.371 e. The number of morpholine rings is 1. The zero-order valence-corrected chi connectivity index (χ0v) is 17.7. The van der Waals surface area contributed by atoms with Crippen molar-refractivity contribution in [1.82, 2.24) is 29.5 Å². The molecule has 0 amide bonds. The predicted octanol–water partition coefficient (Wildman–Crippen LogP) is 3.30. The summed E-state index contributed by atoms with van der Waals surface area (Å²) in [5.74, 6) is 0.708. The molecular weight excluding hydrogens is 422 g/mol. The van der Waals surface area contributed by atoms with Crippen LogP contribution in [0.25, 0.3) is 22.6 Å². The molecule has 3 aromatic rings. The van der Waals surface area contributed by atoms with E-state index in [1.54, 1.807) is 12.4 Å². The maximum Gasteiger partial charge on any atom is 0.228 e. The van der Waals surface area contributed by atoms with Gasteiger partial charge in [0.2, 0.25) is 5.95 Å². The Morgan fingerprint density at radius 1 is 1.07 bits per heavy atom. The molecule has 2 fully saturated rings. The molecule has 3 aromatic heterocycles. The Morgan fingerprint density at radius 3 is 2.46 bits per heavy atom. The monoisotopic (exact) mass is 443 g/mol. The van der Waals surface area contributed by atoms with Gasteiger partial charge in [0.25, 0.3) is 0 Å². The maximum absolute atomic E-state index is 5.99. The number of halogens is 1. The number of rotatable bonds is 3. The number of nitrogens with zero attached hydrogens (tertiary/aromatic N) is 7. The van der Waals surface area contributed by atoms with Crippen LogP contribution >= 0.6 is 15.9 Å². The first-order valence-corrected chi connectivity index (χ1v) is 10.4. The van der Waals surface area contributed by atoms with Crippen molar-refractivity contribution in [2.75, 3.05) is 18.0 Å². The lowest BCUT2D eigenvalue weighted by atomic mass is 10.2.